The number of rotatable bonds is 28. The van der Waals surface area contributed by atoms with Crippen LogP contribution in [0, 0.1) is 0 Å². The summed E-state index contributed by atoms with van der Waals surface area (Å²) in [4.78, 5) is 69.0. The van der Waals surface area contributed by atoms with Gasteiger partial charge in [0.15, 0.2) is 0 Å². The van der Waals surface area contributed by atoms with E-state index in [0.29, 0.717) is 23.7 Å². The van der Waals surface area contributed by atoms with Crippen molar-refractivity contribution in [2.75, 3.05) is 72.6 Å². The van der Waals surface area contributed by atoms with Crippen LogP contribution in [0.3, 0.4) is 0 Å². The molecule has 2 amide bonds. The van der Waals surface area contributed by atoms with Crippen molar-refractivity contribution < 1.29 is 71.4 Å². The number of hydrogen-bond acceptors (Lipinski definition) is 15. The van der Waals surface area contributed by atoms with Gasteiger partial charge in [-0.2, -0.15) is 0 Å². The van der Waals surface area contributed by atoms with Crippen LogP contribution in [0.15, 0.2) is 111 Å². The first kappa shape index (κ1) is 48.1. The summed E-state index contributed by atoms with van der Waals surface area (Å²) in [5.41, 5.74) is 2.82. The fourth-order valence-corrected chi connectivity index (χ4v) is 5.10. The first-order valence-electron chi connectivity index (χ1n) is 19.1. The molecule has 0 aliphatic heterocycles. The molecule has 0 bridgehead atoms. The van der Waals surface area contributed by atoms with Gasteiger partial charge in [-0.25, -0.2) is 24.0 Å². The van der Waals surface area contributed by atoms with Gasteiger partial charge in [0.2, 0.25) is 0 Å². The predicted molar refractivity (Wildman–Crippen MR) is 219 cm³/mol. The Hall–Kier alpha value is -7.30. The van der Waals surface area contributed by atoms with Gasteiger partial charge in [0.1, 0.15) is 70.1 Å². The fourth-order valence-electron chi connectivity index (χ4n) is 5.10. The van der Waals surface area contributed by atoms with Crippen LogP contribution in [0.2, 0.25) is 0 Å². The minimum atomic E-state index is -0.678. The summed E-state index contributed by atoms with van der Waals surface area (Å²) < 4.78 is 47.2. The van der Waals surface area contributed by atoms with Crippen LogP contribution < -0.4 is 24.8 Å². The molecular formula is C44H50N2O15. The third-order valence-corrected chi connectivity index (χ3v) is 7.93. The zero-order valence-electron chi connectivity index (χ0n) is 33.7. The van der Waals surface area contributed by atoms with Crippen molar-refractivity contribution >= 4 is 36.1 Å². The molecule has 326 valence electrons. The molecule has 0 aliphatic rings. The van der Waals surface area contributed by atoms with Crippen LogP contribution in [0.5, 0.6) is 17.2 Å². The fraction of sp³-hybridized carbons (Fsp3) is 0.318. The maximum Gasteiger partial charge on any atom is 0.407 e. The Balaban J connectivity index is 1.58. The summed E-state index contributed by atoms with van der Waals surface area (Å²) in [6.45, 7) is 10.5. The van der Waals surface area contributed by atoms with Gasteiger partial charge in [0, 0.05) is 30.6 Å². The van der Waals surface area contributed by atoms with Crippen molar-refractivity contribution in [1.29, 1.82) is 0 Å². The molecule has 0 fully saturated rings. The Bertz CT molecular complexity index is 1660. The molecule has 17 nitrogen and oxygen atoms in total. The monoisotopic (exact) mass is 846 g/mol. The second-order valence-corrected chi connectivity index (χ2v) is 12.2. The summed E-state index contributed by atoms with van der Waals surface area (Å²) in [6.07, 6.45) is 2.19. The molecule has 0 aromatic heterocycles. The van der Waals surface area contributed by atoms with Gasteiger partial charge < -0.3 is 53.3 Å². The molecule has 0 saturated heterocycles. The standard InChI is InChI=1S/C44H50N2O15/c1-4-38(47)56-23-7-8-41(50)59-29-26-53-35-15-9-32(10-16-35)42(33-11-17-36(18-12-33)54-27-30-60-43(51)45-21-24-57-39(48)5-2)34-13-19-37(20-14-34)55-28-31-61-44(52)46-22-25-58-40(49)6-3/h4-6,9-20,42H,1-3,7-8,21-31H2,(H,45,51)(H,46,52). The van der Waals surface area contributed by atoms with Gasteiger partial charge in [-0.1, -0.05) is 56.1 Å². The molecule has 17 heteroatoms. The van der Waals surface area contributed by atoms with Gasteiger partial charge in [-0.05, 0) is 59.5 Å². The quantitative estimate of drug-likeness (QED) is 0.0325. The number of hydrogen-bond donors (Lipinski definition) is 2. The normalized spacial score (nSPS) is 10.2. The van der Waals surface area contributed by atoms with E-state index in [9.17, 15) is 28.8 Å². The molecule has 0 unspecified atom stereocenters. The molecule has 3 rings (SSSR count). The molecule has 3 aromatic carbocycles. The largest absolute Gasteiger partial charge is 0.490 e. The SMILES string of the molecule is C=CC(=O)OCCCC(=O)OCCOc1ccc(C(c2ccc(OCCOC(=O)NCCOC(=O)C=C)cc2)c2ccc(OCCOC(=O)NCCOC(=O)C=C)cc2)cc1. The highest BCUT2D eigenvalue weighted by Crippen LogP contribution is 2.34. The lowest BCUT2D eigenvalue weighted by atomic mass is 9.85. The van der Waals surface area contributed by atoms with Crippen LogP contribution >= 0.6 is 0 Å². The third-order valence-electron chi connectivity index (χ3n) is 7.93. The Morgan fingerprint density at radius 1 is 0.443 bits per heavy atom. The minimum Gasteiger partial charge on any atom is -0.490 e. The summed E-state index contributed by atoms with van der Waals surface area (Å²) in [7, 11) is 0. The smallest absolute Gasteiger partial charge is 0.407 e. The number of carbonyl (C=O) groups is 6. The van der Waals surface area contributed by atoms with Gasteiger partial charge in [-0.15, -0.1) is 0 Å². The molecule has 0 spiro atoms. The summed E-state index contributed by atoms with van der Waals surface area (Å²) in [6, 6.07) is 22.5. The second-order valence-electron chi connectivity index (χ2n) is 12.2. The molecule has 0 saturated carbocycles. The molecule has 0 heterocycles. The molecule has 0 atom stereocenters. The molecule has 61 heavy (non-hydrogen) atoms. The van der Waals surface area contributed by atoms with E-state index in [0.717, 1.165) is 34.9 Å². The number of ether oxygens (including phenoxy) is 9. The van der Waals surface area contributed by atoms with E-state index in [1.807, 2.05) is 72.8 Å². The van der Waals surface area contributed by atoms with E-state index in [1.165, 1.54) is 0 Å². The zero-order valence-corrected chi connectivity index (χ0v) is 33.7. The maximum absolute atomic E-state index is 12.0. The first-order chi connectivity index (χ1) is 29.6. The summed E-state index contributed by atoms with van der Waals surface area (Å²) in [5, 5.41) is 4.93. The molecule has 3 aromatic rings. The van der Waals surface area contributed by atoms with Crippen molar-refractivity contribution in [3.8, 4) is 17.2 Å². The Labute approximate surface area is 353 Å². The van der Waals surface area contributed by atoms with Crippen molar-refractivity contribution in [1.82, 2.24) is 10.6 Å². The Morgan fingerprint density at radius 3 is 1.15 bits per heavy atom. The highest BCUT2D eigenvalue weighted by molar-refractivity contribution is 5.82. The summed E-state index contributed by atoms with van der Waals surface area (Å²) in [5.74, 6) is -0.713. The molecular weight excluding hydrogens is 796 g/mol. The van der Waals surface area contributed by atoms with E-state index in [1.54, 1.807) is 0 Å². The maximum atomic E-state index is 12.0. The van der Waals surface area contributed by atoms with Crippen LogP contribution in [-0.4, -0.2) is 109 Å². The van der Waals surface area contributed by atoms with Crippen LogP contribution in [-0.2, 0) is 47.6 Å². The molecule has 0 radical (unpaired) electrons. The van der Waals surface area contributed by atoms with Crippen molar-refractivity contribution in [3.05, 3.63) is 127 Å². The number of alkyl carbamates (subject to hydrolysis) is 2. The van der Waals surface area contributed by atoms with E-state index in [2.05, 4.69) is 30.4 Å². The average molecular weight is 847 g/mol. The highest BCUT2D eigenvalue weighted by Gasteiger charge is 2.18. The third kappa shape index (κ3) is 19.8. The number of esters is 4. The Kier molecular flexibility index (Phi) is 22.2. The highest BCUT2D eigenvalue weighted by atomic mass is 16.6. The van der Waals surface area contributed by atoms with Gasteiger partial charge in [0.05, 0.1) is 19.7 Å². The van der Waals surface area contributed by atoms with Gasteiger partial charge >= 0.3 is 36.1 Å². The summed E-state index contributed by atoms with van der Waals surface area (Å²) >= 11 is 0. The van der Waals surface area contributed by atoms with E-state index >= 15 is 0 Å². The number of benzene rings is 3. The Morgan fingerprint density at radius 2 is 0.787 bits per heavy atom. The second kappa shape index (κ2) is 28.2. The van der Waals surface area contributed by atoms with Crippen molar-refractivity contribution in [2.45, 2.75) is 18.8 Å². The lowest BCUT2D eigenvalue weighted by Gasteiger charge is -2.20. The topological polar surface area (TPSA) is 210 Å². The number of carbonyl (C=O) groups excluding carboxylic acids is 6. The van der Waals surface area contributed by atoms with Gasteiger partial charge in [-0.3, -0.25) is 4.79 Å². The number of nitrogens with one attached hydrogen (secondary N) is 2. The van der Waals surface area contributed by atoms with E-state index < -0.39 is 36.1 Å². The van der Waals surface area contributed by atoms with Crippen molar-refractivity contribution in [3.63, 3.8) is 0 Å². The number of amides is 2. The zero-order chi connectivity index (χ0) is 44.1. The van der Waals surface area contributed by atoms with Crippen molar-refractivity contribution in [2.24, 2.45) is 0 Å². The van der Waals surface area contributed by atoms with Gasteiger partial charge in [0.25, 0.3) is 0 Å². The lowest BCUT2D eigenvalue weighted by molar-refractivity contribution is -0.146. The first-order valence-corrected chi connectivity index (χ1v) is 19.1. The average Bonchev–Trinajstić information content (AvgIpc) is 3.28. The molecule has 2 N–H and O–H groups in total. The van der Waals surface area contributed by atoms with Crippen LogP contribution in [0.25, 0.3) is 0 Å². The van der Waals surface area contributed by atoms with Crippen LogP contribution in [0.4, 0.5) is 9.59 Å². The predicted octanol–water partition coefficient (Wildman–Crippen LogP) is 4.97. The van der Waals surface area contributed by atoms with E-state index in [4.69, 9.17) is 42.6 Å². The van der Waals surface area contributed by atoms with E-state index in [-0.39, 0.29) is 84.9 Å². The van der Waals surface area contributed by atoms with Crippen LogP contribution in [0.1, 0.15) is 35.4 Å². The lowest BCUT2D eigenvalue weighted by Crippen LogP contribution is -2.29. The molecule has 0 aliphatic carbocycles. The minimum absolute atomic E-state index is 0.0164.